The molecule has 0 bridgehead atoms. The molecule has 7 nitrogen and oxygen atoms in total. The number of aryl methyl sites for hydroxylation is 1. The molecule has 0 aliphatic carbocycles. The van der Waals surface area contributed by atoms with E-state index in [1.54, 1.807) is 37.4 Å². The molecule has 27 heavy (non-hydrogen) atoms. The molecule has 0 atom stereocenters. The third kappa shape index (κ3) is 4.08. The van der Waals surface area contributed by atoms with E-state index in [0.29, 0.717) is 28.7 Å². The number of carbonyl (C=O) groups excluding carboxylic acids is 1. The molecule has 0 radical (unpaired) electrons. The van der Waals surface area contributed by atoms with Gasteiger partial charge in [-0.3, -0.25) is 14.6 Å². The van der Waals surface area contributed by atoms with Crippen molar-refractivity contribution in [2.45, 2.75) is 33.2 Å². The highest BCUT2D eigenvalue weighted by Gasteiger charge is 2.16. The van der Waals surface area contributed by atoms with Gasteiger partial charge in [-0.05, 0) is 31.5 Å². The third-order valence-electron chi connectivity index (χ3n) is 4.17. The van der Waals surface area contributed by atoms with Gasteiger partial charge in [0.2, 0.25) is 0 Å². The summed E-state index contributed by atoms with van der Waals surface area (Å²) in [5.74, 6) is -0.466. The van der Waals surface area contributed by atoms with E-state index in [4.69, 9.17) is 0 Å². The number of rotatable bonds is 6. The first-order valence-corrected chi connectivity index (χ1v) is 8.87. The fourth-order valence-corrected chi connectivity index (χ4v) is 2.68. The molecule has 1 N–H and O–H groups in total. The second-order valence-corrected chi connectivity index (χ2v) is 6.13. The van der Waals surface area contributed by atoms with Gasteiger partial charge in [0.25, 0.3) is 11.5 Å². The van der Waals surface area contributed by atoms with Crippen molar-refractivity contribution in [3.05, 3.63) is 70.4 Å². The van der Waals surface area contributed by atoms with Crippen LogP contribution in [0.1, 0.15) is 42.9 Å². The van der Waals surface area contributed by atoms with Crippen LogP contribution >= 0.6 is 0 Å². The lowest BCUT2D eigenvalue weighted by molar-refractivity contribution is 0.0949. The van der Waals surface area contributed by atoms with Crippen LogP contribution in [0.2, 0.25) is 0 Å². The number of amides is 1. The third-order valence-corrected chi connectivity index (χ3v) is 4.17. The zero-order valence-corrected chi connectivity index (χ0v) is 15.3. The summed E-state index contributed by atoms with van der Waals surface area (Å²) in [5.41, 5.74) is 3.76. The molecule has 2 heterocycles. The molecule has 7 heteroatoms. The molecule has 0 aliphatic heterocycles. The van der Waals surface area contributed by atoms with Gasteiger partial charge in [-0.1, -0.05) is 37.6 Å². The number of hydrogen-bond acceptors (Lipinski definition) is 5. The topological polar surface area (TPSA) is 89.2 Å². The molecule has 2 aromatic heterocycles. The van der Waals surface area contributed by atoms with E-state index >= 15 is 0 Å². The molecule has 1 aromatic carbocycles. The highest BCUT2D eigenvalue weighted by molar-refractivity contribution is 6.05. The Kier molecular flexibility index (Phi) is 5.71. The minimum Gasteiger partial charge on any atom is -0.267 e. The van der Waals surface area contributed by atoms with Crippen LogP contribution in [0.5, 0.6) is 0 Å². The lowest BCUT2D eigenvalue weighted by Gasteiger charge is -2.10. The molecular weight excluding hydrogens is 342 g/mol. The highest BCUT2D eigenvalue weighted by Crippen LogP contribution is 2.13. The Morgan fingerprint density at radius 1 is 1.15 bits per heavy atom. The van der Waals surface area contributed by atoms with Crippen molar-refractivity contribution in [1.82, 2.24) is 20.2 Å². The predicted octanol–water partition coefficient (Wildman–Crippen LogP) is 2.75. The fourth-order valence-electron chi connectivity index (χ4n) is 2.68. The zero-order chi connectivity index (χ0) is 19.2. The number of hydrogen-bond donors (Lipinski definition) is 1. The Hall–Kier alpha value is -3.35. The summed E-state index contributed by atoms with van der Waals surface area (Å²) in [6.45, 7) is 4.27. The van der Waals surface area contributed by atoms with Gasteiger partial charge >= 0.3 is 0 Å². The molecule has 0 saturated carbocycles. The van der Waals surface area contributed by atoms with Crippen molar-refractivity contribution >= 4 is 22.4 Å². The van der Waals surface area contributed by atoms with E-state index in [0.717, 1.165) is 12.8 Å². The summed E-state index contributed by atoms with van der Waals surface area (Å²) in [5, 5.41) is 9.40. The number of carbonyl (C=O) groups is 1. The van der Waals surface area contributed by atoms with Crippen molar-refractivity contribution in [3.8, 4) is 0 Å². The van der Waals surface area contributed by atoms with Crippen LogP contribution in [-0.4, -0.2) is 26.4 Å². The Labute approximate surface area is 156 Å². The molecule has 1 amide bonds. The number of aromatic nitrogens is 3. The van der Waals surface area contributed by atoms with Gasteiger partial charge in [-0.25, -0.2) is 10.1 Å². The van der Waals surface area contributed by atoms with Crippen LogP contribution in [-0.2, 0) is 6.54 Å². The first-order chi connectivity index (χ1) is 13.1. The lowest BCUT2D eigenvalue weighted by atomic mass is 10.1. The Balaban J connectivity index is 1.96. The predicted molar refractivity (Wildman–Crippen MR) is 105 cm³/mol. The molecular formula is C20H21N5O2. The van der Waals surface area contributed by atoms with Crippen molar-refractivity contribution in [1.29, 1.82) is 0 Å². The largest absolute Gasteiger partial charge is 0.292 e. The maximum atomic E-state index is 12.7. The van der Waals surface area contributed by atoms with Gasteiger partial charge in [0.15, 0.2) is 5.69 Å². The van der Waals surface area contributed by atoms with Crippen LogP contribution in [0.25, 0.3) is 10.8 Å². The van der Waals surface area contributed by atoms with Crippen LogP contribution in [0.4, 0.5) is 0 Å². The van der Waals surface area contributed by atoms with Crippen LogP contribution in [0, 0.1) is 0 Å². The quantitative estimate of drug-likeness (QED) is 0.539. The maximum absolute atomic E-state index is 12.7. The number of unbranched alkanes of at least 4 members (excludes halogenated alkanes) is 1. The summed E-state index contributed by atoms with van der Waals surface area (Å²) in [7, 11) is 0. The fraction of sp³-hybridized carbons (Fsp3) is 0.250. The Morgan fingerprint density at radius 3 is 2.59 bits per heavy atom. The monoisotopic (exact) mass is 363 g/mol. The number of benzene rings is 1. The second kappa shape index (κ2) is 8.35. The molecule has 138 valence electrons. The SMILES string of the molecule is CCCCn1nc(C(=O)N/N=C(\C)c2ccccn2)c2ccccc2c1=O. The van der Waals surface area contributed by atoms with E-state index < -0.39 is 5.91 Å². The summed E-state index contributed by atoms with van der Waals surface area (Å²) >= 11 is 0. The Morgan fingerprint density at radius 2 is 1.89 bits per heavy atom. The molecule has 0 saturated heterocycles. The van der Waals surface area contributed by atoms with Crippen molar-refractivity contribution < 1.29 is 4.79 Å². The van der Waals surface area contributed by atoms with Gasteiger partial charge in [0.1, 0.15) is 0 Å². The zero-order valence-electron chi connectivity index (χ0n) is 15.3. The number of hydrazone groups is 1. The van der Waals surface area contributed by atoms with E-state index in [1.165, 1.54) is 4.68 Å². The molecule has 0 spiro atoms. The standard InChI is InChI=1S/C20H21N5O2/c1-3-4-13-25-20(27)16-10-6-5-9-15(16)18(24-25)19(26)23-22-14(2)17-11-7-8-12-21-17/h5-12H,3-4,13H2,1-2H3,(H,23,26)/b22-14+. The van der Waals surface area contributed by atoms with Crippen LogP contribution in [0.3, 0.4) is 0 Å². The highest BCUT2D eigenvalue weighted by atomic mass is 16.2. The average molecular weight is 363 g/mol. The van der Waals surface area contributed by atoms with Crippen molar-refractivity contribution in [3.63, 3.8) is 0 Å². The minimum absolute atomic E-state index is 0.180. The van der Waals surface area contributed by atoms with Crippen LogP contribution < -0.4 is 11.0 Å². The minimum atomic E-state index is -0.466. The van der Waals surface area contributed by atoms with Gasteiger partial charge < -0.3 is 0 Å². The van der Waals surface area contributed by atoms with E-state index in [1.807, 2.05) is 25.1 Å². The second-order valence-electron chi connectivity index (χ2n) is 6.13. The summed E-state index contributed by atoms with van der Waals surface area (Å²) in [4.78, 5) is 29.5. The van der Waals surface area contributed by atoms with Gasteiger partial charge in [0, 0.05) is 18.1 Å². The number of pyridine rings is 1. The lowest BCUT2D eigenvalue weighted by Crippen LogP contribution is -2.29. The molecule has 3 aromatic rings. The molecule has 0 fully saturated rings. The number of nitrogens with one attached hydrogen (secondary N) is 1. The Bertz CT molecular complexity index is 1040. The smallest absolute Gasteiger partial charge is 0.267 e. The molecule has 0 aliphatic rings. The maximum Gasteiger partial charge on any atom is 0.292 e. The summed E-state index contributed by atoms with van der Waals surface area (Å²) in [6, 6.07) is 12.5. The van der Waals surface area contributed by atoms with Gasteiger partial charge in [-0.2, -0.15) is 10.2 Å². The first-order valence-electron chi connectivity index (χ1n) is 8.87. The summed E-state index contributed by atoms with van der Waals surface area (Å²) < 4.78 is 1.36. The number of fused-ring (bicyclic) bond motifs is 1. The van der Waals surface area contributed by atoms with Crippen molar-refractivity contribution in [2.24, 2.45) is 5.10 Å². The van der Waals surface area contributed by atoms with Crippen LogP contribution in [0.15, 0.2) is 58.6 Å². The normalized spacial score (nSPS) is 11.6. The van der Waals surface area contributed by atoms with E-state index in [-0.39, 0.29) is 11.3 Å². The molecule has 0 unspecified atom stereocenters. The summed E-state index contributed by atoms with van der Waals surface area (Å²) in [6.07, 6.45) is 3.40. The number of nitrogens with zero attached hydrogens (tertiary/aromatic N) is 4. The molecule has 3 rings (SSSR count). The van der Waals surface area contributed by atoms with Gasteiger partial charge in [0.05, 0.1) is 16.8 Å². The van der Waals surface area contributed by atoms with Gasteiger partial charge in [-0.15, -0.1) is 0 Å². The average Bonchev–Trinajstić information content (AvgIpc) is 2.72. The van der Waals surface area contributed by atoms with Crippen molar-refractivity contribution in [2.75, 3.05) is 0 Å². The van der Waals surface area contributed by atoms with E-state index in [2.05, 4.69) is 20.6 Å². The first kappa shape index (κ1) is 18.4. The van der Waals surface area contributed by atoms with E-state index in [9.17, 15) is 9.59 Å².